The van der Waals surface area contributed by atoms with Crippen LogP contribution in [0.15, 0.2) is 53.5 Å². The van der Waals surface area contributed by atoms with E-state index >= 15 is 0 Å². The first-order valence-electron chi connectivity index (χ1n) is 10.8. The number of amides is 1. The molecule has 2 fully saturated rings. The lowest BCUT2D eigenvalue weighted by Crippen LogP contribution is -2.36. The highest BCUT2D eigenvalue weighted by atomic mass is 16.5. The number of carbonyl (C=O) groups is 1. The number of hydrogen-bond acceptors (Lipinski definition) is 3. The average molecular weight is 407 g/mol. The highest BCUT2D eigenvalue weighted by molar-refractivity contribution is 5.95. The fraction of sp³-hybridized carbons (Fsp3) is 0.417. The molecule has 0 bridgehead atoms. The summed E-state index contributed by atoms with van der Waals surface area (Å²) in [5, 5.41) is 6.73. The molecule has 2 N–H and O–H groups in total. The molecule has 1 saturated heterocycles. The zero-order chi connectivity index (χ0) is 20.8. The molecular weight excluding hydrogens is 376 g/mol. The number of aliphatic imine (C=N–C) groups is 1. The summed E-state index contributed by atoms with van der Waals surface area (Å²) in [5.41, 5.74) is 3.25. The second kappa shape index (κ2) is 9.65. The van der Waals surface area contributed by atoms with Gasteiger partial charge in [0, 0.05) is 44.4 Å². The van der Waals surface area contributed by atoms with Gasteiger partial charge < -0.3 is 20.3 Å². The Balaban J connectivity index is 1.29. The molecule has 1 aliphatic carbocycles. The van der Waals surface area contributed by atoms with Crippen LogP contribution in [-0.4, -0.2) is 31.6 Å². The van der Waals surface area contributed by atoms with Crippen molar-refractivity contribution in [1.82, 2.24) is 10.6 Å². The van der Waals surface area contributed by atoms with Crippen molar-refractivity contribution in [2.75, 3.05) is 18.5 Å². The summed E-state index contributed by atoms with van der Waals surface area (Å²) in [5.74, 6) is 1.91. The third kappa shape index (κ3) is 4.93. The van der Waals surface area contributed by atoms with Gasteiger partial charge in [-0.05, 0) is 49.4 Å². The van der Waals surface area contributed by atoms with Crippen molar-refractivity contribution < 1.29 is 9.53 Å². The van der Waals surface area contributed by atoms with E-state index in [0.29, 0.717) is 25.6 Å². The van der Waals surface area contributed by atoms with E-state index in [4.69, 9.17) is 4.74 Å². The monoisotopic (exact) mass is 406 g/mol. The molecule has 6 heteroatoms. The van der Waals surface area contributed by atoms with Gasteiger partial charge in [0.25, 0.3) is 0 Å². The van der Waals surface area contributed by atoms with Gasteiger partial charge in [-0.2, -0.15) is 0 Å². The molecular formula is C24H30N4O2. The Kier molecular flexibility index (Phi) is 6.52. The van der Waals surface area contributed by atoms with E-state index in [1.807, 2.05) is 35.2 Å². The molecule has 4 rings (SSSR count). The summed E-state index contributed by atoms with van der Waals surface area (Å²) < 4.78 is 6.11. The van der Waals surface area contributed by atoms with Crippen molar-refractivity contribution >= 4 is 17.6 Å². The molecule has 0 radical (unpaired) electrons. The minimum absolute atomic E-state index is 0.215. The van der Waals surface area contributed by atoms with Gasteiger partial charge in [0.2, 0.25) is 5.91 Å². The number of hydrogen-bond donors (Lipinski definition) is 2. The van der Waals surface area contributed by atoms with Crippen LogP contribution < -0.4 is 20.3 Å². The zero-order valence-corrected chi connectivity index (χ0v) is 17.6. The molecule has 0 aromatic heterocycles. The normalized spacial score (nSPS) is 17.0. The molecule has 1 amide bonds. The maximum absolute atomic E-state index is 11.9. The highest BCUT2D eigenvalue weighted by Crippen LogP contribution is 2.27. The molecule has 0 atom stereocenters. The van der Waals surface area contributed by atoms with Crippen molar-refractivity contribution in [1.29, 1.82) is 0 Å². The van der Waals surface area contributed by atoms with Gasteiger partial charge in [-0.15, -0.1) is 0 Å². The Bertz CT molecular complexity index is 890. The van der Waals surface area contributed by atoms with Crippen LogP contribution in [0.4, 0.5) is 5.69 Å². The van der Waals surface area contributed by atoms with Gasteiger partial charge in [0.1, 0.15) is 5.75 Å². The Morgan fingerprint density at radius 3 is 2.50 bits per heavy atom. The maximum Gasteiger partial charge on any atom is 0.227 e. The number of rotatable bonds is 7. The van der Waals surface area contributed by atoms with Crippen LogP contribution >= 0.6 is 0 Å². The van der Waals surface area contributed by atoms with Crippen LogP contribution in [0.25, 0.3) is 0 Å². The molecule has 6 nitrogen and oxygen atoms in total. The van der Waals surface area contributed by atoms with Crippen molar-refractivity contribution in [3.8, 4) is 5.75 Å². The Hall–Kier alpha value is -3.02. The van der Waals surface area contributed by atoms with E-state index in [1.54, 1.807) is 7.05 Å². The standard InChI is InChI=1S/C24H30N4O2/c1-25-24(27-17-19-6-2-3-9-22(19)30-21-7-4-8-21)26-16-18-11-13-20(14-12-18)28-15-5-10-23(28)29/h2-3,6,9,11-14,21H,4-5,7-8,10,15-17H2,1H3,(H2,25,26,27). The van der Waals surface area contributed by atoms with Gasteiger partial charge in [-0.3, -0.25) is 9.79 Å². The number of guanidine groups is 1. The molecule has 2 aliphatic rings. The van der Waals surface area contributed by atoms with E-state index in [0.717, 1.165) is 54.3 Å². The number of carbonyl (C=O) groups excluding carboxylic acids is 1. The number of benzene rings is 2. The molecule has 158 valence electrons. The van der Waals surface area contributed by atoms with E-state index in [2.05, 4.69) is 33.8 Å². The van der Waals surface area contributed by atoms with Gasteiger partial charge in [-0.25, -0.2) is 0 Å². The summed E-state index contributed by atoms with van der Waals surface area (Å²) in [6.07, 6.45) is 5.52. The molecule has 0 unspecified atom stereocenters. The largest absolute Gasteiger partial charge is 0.490 e. The zero-order valence-electron chi connectivity index (χ0n) is 17.6. The summed E-state index contributed by atoms with van der Waals surface area (Å²) in [6, 6.07) is 16.3. The van der Waals surface area contributed by atoms with Crippen LogP contribution in [0.3, 0.4) is 0 Å². The van der Waals surface area contributed by atoms with Crippen LogP contribution in [0.5, 0.6) is 5.75 Å². The molecule has 2 aromatic carbocycles. The lowest BCUT2D eigenvalue weighted by Gasteiger charge is -2.27. The van der Waals surface area contributed by atoms with Crippen LogP contribution in [-0.2, 0) is 17.9 Å². The van der Waals surface area contributed by atoms with Gasteiger partial charge in [0.05, 0.1) is 6.10 Å². The second-order valence-corrected chi connectivity index (χ2v) is 7.87. The summed E-state index contributed by atoms with van der Waals surface area (Å²) in [4.78, 5) is 18.1. The number of ether oxygens (including phenoxy) is 1. The van der Waals surface area contributed by atoms with Crippen LogP contribution in [0.2, 0.25) is 0 Å². The van der Waals surface area contributed by atoms with Crippen LogP contribution in [0, 0.1) is 0 Å². The van der Waals surface area contributed by atoms with E-state index in [-0.39, 0.29) is 5.91 Å². The second-order valence-electron chi connectivity index (χ2n) is 7.87. The number of para-hydroxylation sites is 1. The Labute approximate surface area is 178 Å². The highest BCUT2D eigenvalue weighted by Gasteiger charge is 2.21. The predicted molar refractivity (Wildman–Crippen MR) is 120 cm³/mol. The Morgan fingerprint density at radius 1 is 1.07 bits per heavy atom. The van der Waals surface area contributed by atoms with Crippen molar-refractivity contribution in [2.45, 2.75) is 51.3 Å². The molecule has 2 aromatic rings. The maximum atomic E-state index is 11.9. The van der Waals surface area contributed by atoms with Gasteiger partial charge in [-0.1, -0.05) is 30.3 Å². The Morgan fingerprint density at radius 2 is 1.83 bits per heavy atom. The summed E-state index contributed by atoms with van der Waals surface area (Å²) >= 11 is 0. The van der Waals surface area contributed by atoms with Crippen molar-refractivity contribution in [2.24, 2.45) is 4.99 Å². The van der Waals surface area contributed by atoms with Crippen LogP contribution in [0.1, 0.15) is 43.2 Å². The first kappa shape index (κ1) is 20.3. The number of nitrogens with one attached hydrogen (secondary N) is 2. The smallest absolute Gasteiger partial charge is 0.227 e. The average Bonchev–Trinajstić information content (AvgIpc) is 3.18. The number of anilines is 1. The molecule has 1 saturated carbocycles. The molecule has 0 spiro atoms. The molecule has 1 heterocycles. The summed E-state index contributed by atoms with van der Waals surface area (Å²) in [7, 11) is 1.77. The van der Waals surface area contributed by atoms with E-state index < -0.39 is 0 Å². The summed E-state index contributed by atoms with van der Waals surface area (Å²) in [6.45, 7) is 2.13. The first-order chi connectivity index (χ1) is 14.7. The van der Waals surface area contributed by atoms with Gasteiger partial charge >= 0.3 is 0 Å². The van der Waals surface area contributed by atoms with E-state index in [1.165, 1.54) is 6.42 Å². The topological polar surface area (TPSA) is 66.0 Å². The fourth-order valence-electron chi connectivity index (χ4n) is 3.73. The van der Waals surface area contributed by atoms with Gasteiger partial charge in [0.15, 0.2) is 5.96 Å². The quantitative estimate of drug-likeness (QED) is 0.545. The molecule has 30 heavy (non-hydrogen) atoms. The lowest BCUT2D eigenvalue weighted by atomic mass is 9.96. The van der Waals surface area contributed by atoms with E-state index in [9.17, 15) is 4.79 Å². The lowest BCUT2D eigenvalue weighted by molar-refractivity contribution is -0.117. The van der Waals surface area contributed by atoms with Crippen molar-refractivity contribution in [3.05, 3.63) is 59.7 Å². The number of nitrogens with zero attached hydrogens (tertiary/aromatic N) is 2. The minimum Gasteiger partial charge on any atom is -0.490 e. The molecule has 1 aliphatic heterocycles. The minimum atomic E-state index is 0.215. The SMILES string of the molecule is CN=C(NCc1ccc(N2CCCC2=O)cc1)NCc1ccccc1OC1CCC1. The third-order valence-electron chi connectivity index (χ3n) is 5.77. The predicted octanol–water partition coefficient (Wildman–Crippen LogP) is 3.61. The first-order valence-corrected chi connectivity index (χ1v) is 10.8. The van der Waals surface area contributed by atoms with Crippen molar-refractivity contribution in [3.63, 3.8) is 0 Å². The third-order valence-corrected chi connectivity index (χ3v) is 5.77. The fourth-order valence-corrected chi connectivity index (χ4v) is 3.73.